The second-order valence-electron chi connectivity index (χ2n) is 8.02. The molecule has 29 heavy (non-hydrogen) atoms. The van der Waals surface area contributed by atoms with Gasteiger partial charge in [-0.05, 0) is 56.6 Å². The van der Waals surface area contributed by atoms with Gasteiger partial charge in [-0.3, -0.25) is 0 Å². The molecule has 7 nitrogen and oxygen atoms in total. The van der Waals surface area contributed by atoms with Gasteiger partial charge in [-0.2, -0.15) is 0 Å². The minimum Gasteiger partial charge on any atom is -0.381 e. The average Bonchev–Trinajstić information content (AvgIpc) is 2.76. The molecule has 2 aromatic rings. The molecule has 2 aliphatic rings. The van der Waals surface area contributed by atoms with Crippen molar-refractivity contribution in [3.05, 3.63) is 29.7 Å². The minimum absolute atomic E-state index is 0.331. The van der Waals surface area contributed by atoms with E-state index < -0.39 is 0 Å². The number of hydrogen-bond acceptors (Lipinski definition) is 7. The molecule has 0 atom stereocenters. The maximum Gasteiger partial charge on any atom is 0.155 e. The van der Waals surface area contributed by atoms with E-state index in [1.54, 1.807) is 12.4 Å². The molecule has 2 aromatic heterocycles. The minimum atomic E-state index is 0.331. The molecule has 1 saturated carbocycles. The van der Waals surface area contributed by atoms with Crippen LogP contribution in [-0.4, -0.2) is 46.8 Å². The summed E-state index contributed by atoms with van der Waals surface area (Å²) in [6.45, 7) is 2.54. The molecule has 1 aliphatic carbocycles. The van der Waals surface area contributed by atoms with Gasteiger partial charge in [0.25, 0.3) is 0 Å². The van der Waals surface area contributed by atoms with Crippen LogP contribution < -0.4 is 16.4 Å². The monoisotopic (exact) mass is 416 g/mol. The third-order valence-corrected chi connectivity index (χ3v) is 6.07. The number of nitrogens with one attached hydrogen (secondary N) is 2. The molecule has 1 aliphatic heterocycles. The van der Waals surface area contributed by atoms with E-state index in [0.717, 1.165) is 75.5 Å². The molecule has 1 saturated heterocycles. The van der Waals surface area contributed by atoms with E-state index in [0.29, 0.717) is 28.8 Å². The zero-order valence-corrected chi connectivity index (χ0v) is 17.4. The standard InChI is InChI=1S/C21H29ClN6O/c22-21-20(28-19(13-26-21)25-12-14-6-9-29-10-7-14)15-5-8-24-18(11-15)27-17-3-1-16(23)2-4-17/h5,8,11,13-14,16-17H,1-4,6-7,9-10,12,23H2,(H,24,27)(H,25,28)/t16-,17-. The summed E-state index contributed by atoms with van der Waals surface area (Å²) in [7, 11) is 0. The van der Waals surface area contributed by atoms with E-state index in [-0.39, 0.29) is 0 Å². The van der Waals surface area contributed by atoms with Gasteiger partial charge >= 0.3 is 0 Å². The fraction of sp³-hybridized carbons (Fsp3) is 0.571. The molecule has 0 aromatic carbocycles. The maximum absolute atomic E-state index is 6.37. The highest BCUT2D eigenvalue weighted by molar-refractivity contribution is 6.31. The Labute approximate surface area is 176 Å². The van der Waals surface area contributed by atoms with Gasteiger partial charge in [-0.25, -0.2) is 15.0 Å². The zero-order valence-electron chi connectivity index (χ0n) is 16.6. The maximum atomic E-state index is 6.37. The number of pyridine rings is 1. The first kappa shape index (κ1) is 20.3. The number of ether oxygens (including phenoxy) is 1. The molecular formula is C21H29ClN6O. The lowest BCUT2D eigenvalue weighted by molar-refractivity contribution is 0.0699. The van der Waals surface area contributed by atoms with E-state index in [1.807, 2.05) is 12.1 Å². The Kier molecular flexibility index (Phi) is 6.79. The second kappa shape index (κ2) is 9.69. The van der Waals surface area contributed by atoms with Gasteiger partial charge in [0.05, 0.1) is 6.20 Å². The van der Waals surface area contributed by atoms with Crippen LogP contribution >= 0.6 is 11.6 Å². The van der Waals surface area contributed by atoms with Crippen molar-refractivity contribution in [2.45, 2.75) is 50.6 Å². The zero-order chi connectivity index (χ0) is 20.1. The highest BCUT2D eigenvalue weighted by Crippen LogP contribution is 2.28. The second-order valence-corrected chi connectivity index (χ2v) is 8.38. The van der Waals surface area contributed by atoms with E-state index >= 15 is 0 Å². The van der Waals surface area contributed by atoms with Crippen LogP contribution in [-0.2, 0) is 4.74 Å². The van der Waals surface area contributed by atoms with Crippen molar-refractivity contribution in [2.75, 3.05) is 30.4 Å². The van der Waals surface area contributed by atoms with Crippen molar-refractivity contribution < 1.29 is 4.74 Å². The van der Waals surface area contributed by atoms with Gasteiger partial charge in [-0.15, -0.1) is 0 Å². The first-order chi connectivity index (χ1) is 14.2. The molecule has 4 rings (SSSR count). The molecule has 2 fully saturated rings. The molecule has 0 bridgehead atoms. The number of halogens is 1. The highest BCUT2D eigenvalue weighted by Gasteiger charge is 2.19. The largest absolute Gasteiger partial charge is 0.381 e. The topological polar surface area (TPSA) is 98.0 Å². The molecular weight excluding hydrogens is 388 g/mol. The van der Waals surface area contributed by atoms with Gasteiger partial charge in [0, 0.05) is 43.6 Å². The highest BCUT2D eigenvalue weighted by atomic mass is 35.5. The number of anilines is 2. The van der Waals surface area contributed by atoms with Crippen molar-refractivity contribution >= 4 is 23.2 Å². The van der Waals surface area contributed by atoms with Crippen LogP contribution in [0.1, 0.15) is 38.5 Å². The van der Waals surface area contributed by atoms with Gasteiger partial charge in [0.2, 0.25) is 0 Å². The smallest absolute Gasteiger partial charge is 0.155 e. The lowest BCUT2D eigenvalue weighted by Gasteiger charge is -2.27. The van der Waals surface area contributed by atoms with Gasteiger partial charge in [-0.1, -0.05) is 11.6 Å². The van der Waals surface area contributed by atoms with E-state index in [9.17, 15) is 0 Å². The predicted octanol–water partition coefficient (Wildman–Crippen LogP) is 3.71. The van der Waals surface area contributed by atoms with Crippen LogP contribution in [0, 0.1) is 5.92 Å². The summed E-state index contributed by atoms with van der Waals surface area (Å²) >= 11 is 6.37. The number of aromatic nitrogens is 3. The van der Waals surface area contributed by atoms with Crippen LogP contribution in [0.15, 0.2) is 24.5 Å². The summed E-state index contributed by atoms with van der Waals surface area (Å²) in [6.07, 6.45) is 9.87. The van der Waals surface area contributed by atoms with Crippen molar-refractivity contribution in [1.29, 1.82) is 0 Å². The van der Waals surface area contributed by atoms with E-state index in [2.05, 4.69) is 20.6 Å². The van der Waals surface area contributed by atoms with Gasteiger partial charge < -0.3 is 21.1 Å². The quantitative estimate of drug-likeness (QED) is 0.660. The lowest BCUT2D eigenvalue weighted by Crippen LogP contribution is -2.33. The van der Waals surface area contributed by atoms with Crippen LogP contribution in [0.4, 0.5) is 11.6 Å². The summed E-state index contributed by atoms with van der Waals surface area (Å²) < 4.78 is 5.42. The summed E-state index contributed by atoms with van der Waals surface area (Å²) in [4.78, 5) is 13.5. The Balaban J connectivity index is 1.44. The summed E-state index contributed by atoms with van der Waals surface area (Å²) in [5.74, 6) is 2.18. The molecule has 4 N–H and O–H groups in total. The first-order valence-corrected chi connectivity index (χ1v) is 10.9. The van der Waals surface area contributed by atoms with Crippen molar-refractivity contribution in [3.8, 4) is 11.3 Å². The van der Waals surface area contributed by atoms with Crippen molar-refractivity contribution in [2.24, 2.45) is 11.7 Å². The van der Waals surface area contributed by atoms with Crippen molar-refractivity contribution in [1.82, 2.24) is 15.0 Å². The molecule has 0 amide bonds. The molecule has 0 radical (unpaired) electrons. The van der Waals surface area contributed by atoms with Crippen LogP contribution in [0.25, 0.3) is 11.3 Å². The Morgan fingerprint density at radius 3 is 2.66 bits per heavy atom. The first-order valence-electron chi connectivity index (χ1n) is 10.5. The Morgan fingerprint density at radius 2 is 1.86 bits per heavy atom. The van der Waals surface area contributed by atoms with Crippen molar-refractivity contribution in [3.63, 3.8) is 0 Å². The molecule has 0 spiro atoms. The van der Waals surface area contributed by atoms with E-state index in [1.165, 1.54) is 0 Å². The number of rotatable bonds is 6. The average molecular weight is 417 g/mol. The number of nitrogens with two attached hydrogens (primary N) is 1. The van der Waals surface area contributed by atoms with Gasteiger partial charge in [0.1, 0.15) is 17.3 Å². The predicted molar refractivity (Wildman–Crippen MR) is 116 cm³/mol. The normalized spacial score (nSPS) is 23.0. The summed E-state index contributed by atoms with van der Waals surface area (Å²) in [6, 6.07) is 4.65. The molecule has 0 unspecified atom stereocenters. The molecule has 3 heterocycles. The Bertz CT molecular complexity index is 806. The number of hydrogen-bond donors (Lipinski definition) is 3. The third kappa shape index (κ3) is 5.56. The van der Waals surface area contributed by atoms with Crippen LogP contribution in [0.2, 0.25) is 5.15 Å². The lowest BCUT2D eigenvalue weighted by atomic mass is 9.92. The fourth-order valence-electron chi connectivity index (χ4n) is 3.97. The van der Waals surface area contributed by atoms with E-state index in [4.69, 9.17) is 27.1 Å². The summed E-state index contributed by atoms with van der Waals surface area (Å²) in [5, 5.41) is 7.32. The third-order valence-electron chi connectivity index (χ3n) is 5.80. The Morgan fingerprint density at radius 1 is 1.07 bits per heavy atom. The number of nitrogens with zero attached hydrogens (tertiary/aromatic N) is 3. The van der Waals surface area contributed by atoms with Crippen LogP contribution in [0.5, 0.6) is 0 Å². The van der Waals surface area contributed by atoms with Crippen LogP contribution in [0.3, 0.4) is 0 Å². The Hall–Kier alpha value is -1.96. The van der Waals surface area contributed by atoms with Gasteiger partial charge in [0.15, 0.2) is 5.15 Å². The molecule has 8 heteroatoms. The SMILES string of the molecule is N[C@H]1CC[C@H](Nc2cc(-c3nc(NCC4CCOCC4)cnc3Cl)ccn2)CC1. The summed E-state index contributed by atoms with van der Waals surface area (Å²) in [5.41, 5.74) is 7.58. The fourth-order valence-corrected chi connectivity index (χ4v) is 4.17. The molecule has 156 valence electrons.